The summed E-state index contributed by atoms with van der Waals surface area (Å²) < 4.78 is 6.15. The standard InChI is InChI=1S/C40H27NO/c1-2-10-34(11-3-1)41(35-21-16-29(17-22-35)32-15-14-28-8-4-5-9-31(28)26-32)36-23-18-30(19-24-36)33-20-25-38-37-12-6-7-13-39(37)42-40(38)27-33/h1-27H. The van der Waals surface area contributed by atoms with Crippen LogP contribution in [-0.2, 0) is 0 Å². The third-order valence-corrected chi connectivity index (χ3v) is 8.06. The van der Waals surface area contributed by atoms with Crippen LogP contribution in [0.2, 0.25) is 0 Å². The van der Waals surface area contributed by atoms with Gasteiger partial charge in [-0.05, 0) is 93.7 Å². The number of rotatable bonds is 5. The summed E-state index contributed by atoms with van der Waals surface area (Å²) in [7, 11) is 0. The minimum absolute atomic E-state index is 0.912. The molecule has 0 spiro atoms. The second-order valence-electron chi connectivity index (χ2n) is 10.6. The molecular weight excluding hydrogens is 510 g/mol. The highest BCUT2D eigenvalue weighted by Gasteiger charge is 2.14. The first-order valence-electron chi connectivity index (χ1n) is 14.3. The van der Waals surface area contributed by atoms with Gasteiger partial charge in [0.1, 0.15) is 11.2 Å². The average Bonchev–Trinajstić information content (AvgIpc) is 3.44. The molecule has 0 aliphatic heterocycles. The monoisotopic (exact) mass is 537 g/mol. The van der Waals surface area contributed by atoms with Crippen molar-refractivity contribution in [3.63, 3.8) is 0 Å². The van der Waals surface area contributed by atoms with Crippen LogP contribution < -0.4 is 4.90 Å². The van der Waals surface area contributed by atoms with E-state index in [1.54, 1.807) is 0 Å². The van der Waals surface area contributed by atoms with E-state index in [2.05, 4.69) is 157 Å². The number of hydrogen-bond acceptors (Lipinski definition) is 2. The molecule has 7 aromatic carbocycles. The van der Waals surface area contributed by atoms with Crippen LogP contribution in [0.1, 0.15) is 0 Å². The summed E-state index contributed by atoms with van der Waals surface area (Å²) >= 11 is 0. The molecule has 0 fully saturated rings. The van der Waals surface area contributed by atoms with E-state index in [9.17, 15) is 0 Å². The molecule has 1 aromatic heterocycles. The number of fused-ring (bicyclic) bond motifs is 4. The van der Waals surface area contributed by atoms with E-state index in [1.165, 1.54) is 21.9 Å². The summed E-state index contributed by atoms with van der Waals surface area (Å²) in [5, 5.41) is 4.81. The van der Waals surface area contributed by atoms with Gasteiger partial charge in [-0.15, -0.1) is 0 Å². The van der Waals surface area contributed by atoms with Crippen molar-refractivity contribution >= 4 is 49.8 Å². The molecule has 0 saturated heterocycles. The van der Waals surface area contributed by atoms with Gasteiger partial charge in [0.2, 0.25) is 0 Å². The number of furan rings is 1. The Bertz CT molecular complexity index is 2180. The Balaban J connectivity index is 1.14. The molecule has 42 heavy (non-hydrogen) atoms. The zero-order valence-electron chi connectivity index (χ0n) is 22.9. The first-order valence-corrected chi connectivity index (χ1v) is 14.3. The van der Waals surface area contributed by atoms with Crippen LogP contribution in [0.5, 0.6) is 0 Å². The molecule has 0 saturated carbocycles. The topological polar surface area (TPSA) is 16.4 Å². The number of anilines is 3. The number of para-hydroxylation sites is 2. The lowest BCUT2D eigenvalue weighted by Crippen LogP contribution is -2.09. The Kier molecular flexibility index (Phi) is 5.82. The van der Waals surface area contributed by atoms with Gasteiger partial charge in [-0.25, -0.2) is 0 Å². The lowest BCUT2D eigenvalue weighted by Gasteiger charge is -2.26. The third-order valence-electron chi connectivity index (χ3n) is 8.06. The van der Waals surface area contributed by atoms with Gasteiger partial charge in [-0.2, -0.15) is 0 Å². The first-order chi connectivity index (χ1) is 20.8. The van der Waals surface area contributed by atoms with Crippen molar-refractivity contribution in [2.75, 3.05) is 4.90 Å². The van der Waals surface area contributed by atoms with Crippen LogP contribution in [0.4, 0.5) is 17.1 Å². The summed E-state index contributed by atoms with van der Waals surface area (Å²) in [5.74, 6) is 0. The molecule has 8 rings (SSSR count). The molecule has 0 N–H and O–H groups in total. The zero-order chi connectivity index (χ0) is 27.9. The van der Waals surface area contributed by atoms with Crippen molar-refractivity contribution in [2.45, 2.75) is 0 Å². The summed E-state index contributed by atoms with van der Waals surface area (Å²) in [6, 6.07) is 58.0. The van der Waals surface area contributed by atoms with E-state index in [1.807, 2.05) is 12.1 Å². The van der Waals surface area contributed by atoms with Crippen LogP contribution in [0.3, 0.4) is 0 Å². The molecule has 0 amide bonds. The van der Waals surface area contributed by atoms with Crippen LogP contribution in [0, 0.1) is 0 Å². The fraction of sp³-hybridized carbons (Fsp3) is 0. The summed E-state index contributed by atoms with van der Waals surface area (Å²) in [4.78, 5) is 2.30. The lowest BCUT2D eigenvalue weighted by atomic mass is 10.0. The molecule has 1 heterocycles. The van der Waals surface area contributed by atoms with Gasteiger partial charge in [0.05, 0.1) is 0 Å². The molecule has 2 heteroatoms. The summed E-state index contributed by atoms with van der Waals surface area (Å²) in [5.41, 5.74) is 9.88. The highest BCUT2D eigenvalue weighted by molar-refractivity contribution is 6.05. The van der Waals surface area contributed by atoms with Crippen molar-refractivity contribution in [1.82, 2.24) is 0 Å². The van der Waals surface area contributed by atoms with Crippen LogP contribution in [-0.4, -0.2) is 0 Å². The van der Waals surface area contributed by atoms with Crippen LogP contribution in [0.25, 0.3) is 55.0 Å². The quantitative estimate of drug-likeness (QED) is 0.217. The third kappa shape index (κ3) is 4.31. The fourth-order valence-corrected chi connectivity index (χ4v) is 5.90. The number of benzene rings is 7. The average molecular weight is 538 g/mol. The summed E-state index contributed by atoms with van der Waals surface area (Å²) in [6.45, 7) is 0. The second-order valence-corrected chi connectivity index (χ2v) is 10.6. The van der Waals surface area contributed by atoms with Gasteiger partial charge >= 0.3 is 0 Å². The van der Waals surface area contributed by atoms with Crippen molar-refractivity contribution < 1.29 is 4.42 Å². The molecular formula is C40H27NO. The van der Waals surface area contributed by atoms with E-state index >= 15 is 0 Å². The molecule has 2 nitrogen and oxygen atoms in total. The van der Waals surface area contributed by atoms with Gasteiger partial charge in [0.15, 0.2) is 0 Å². The Morgan fingerprint density at radius 1 is 0.333 bits per heavy atom. The highest BCUT2D eigenvalue weighted by Crippen LogP contribution is 2.38. The predicted octanol–water partition coefficient (Wildman–Crippen LogP) is 11.5. The normalized spacial score (nSPS) is 11.3. The SMILES string of the molecule is c1ccc(N(c2ccc(-c3ccc4ccccc4c3)cc2)c2ccc(-c3ccc4c(c3)oc3ccccc34)cc2)cc1. The smallest absolute Gasteiger partial charge is 0.136 e. The predicted molar refractivity (Wildman–Crippen MR) is 177 cm³/mol. The maximum absolute atomic E-state index is 6.15. The maximum atomic E-state index is 6.15. The highest BCUT2D eigenvalue weighted by atomic mass is 16.3. The molecule has 0 unspecified atom stereocenters. The van der Waals surface area contributed by atoms with E-state index in [-0.39, 0.29) is 0 Å². The summed E-state index contributed by atoms with van der Waals surface area (Å²) in [6.07, 6.45) is 0. The number of nitrogens with zero attached hydrogens (tertiary/aromatic N) is 1. The molecule has 0 aliphatic rings. The van der Waals surface area contributed by atoms with Crippen LogP contribution >= 0.6 is 0 Å². The molecule has 198 valence electrons. The molecule has 0 radical (unpaired) electrons. The van der Waals surface area contributed by atoms with Gasteiger partial charge in [0.25, 0.3) is 0 Å². The Morgan fingerprint density at radius 2 is 0.857 bits per heavy atom. The van der Waals surface area contributed by atoms with E-state index < -0.39 is 0 Å². The van der Waals surface area contributed by atoms with E-state index in [4.69, 9.17) is 4.42 Å². The second kappa shape index (κ2) is 10.1. The minimum atomic E-state index is 0.912. The molecule has 0 bridgehead atoms. The van der Waals surface area contributed by atoms with Gasteiger partial charge in [0, 0.05) is 27.8 Å². The Labute approximate surface area is 244 Å². The number of hydrogen-bond donors (Lipinski definition) is 0. The van der Waals surface area contributed by atoms with Gasteiger partial charge < -0.3 is 9.32 Å². The van der Waals surface area contributed by atoms with Crippen molar-refractivity contribution in [1.29, 1.82) is 0 Å². The van der Waals surface area contributed by atoms with Crippen molar-refractivity contribution in [3.05, 3.63) is 164 Å². The van der Waals surface area contributed by atoms with Crippen LogP contribution in [0.15, 0.2) is 168 Å². The lowest BCUT2D eigenvalue weighted by molar-refractivity contribution is 0.669. The largest absolute Gasteiger partial charge is 0.456 e. The fourth-order valence-electron chi connectivity index (χ4n) is 5.90. The Morgan fingerprint density at radius 3 is 1.60 bits per heavy atom. The van der Waals surface area contributed by atoms with Crippen molar-refractivity contribution in [3.8, 4) is 22.3 Å². The maximum Gasteiger partial charge on any atom is 0.136 e. The van der Waals surface area contributed by atoms with E-state index in [0.29, 0.717) is 0 Å². The minimum Gasteiger partial charge on any atom is -0.456 e. The zero-order valence-corrected chi connectivity index (χ0v) is 22.9. The van der Waals surface area contributed by atoms with Crippen molar-refractivity contribution in [2.24, 2.45) is 0 Å². The molecule has 0 atom stereocenters. The Hall–Kier alpha value is -5.60. The molecule has 8 aromatic rings. The molecule has 0 aliphatic carbocycles. The van der Waals surface area contributed by atoms with Gasteiger partial charge in [-0.3, -0.25) is 0 Å². The van der Waals surface area contributed by atoms with Gasteiger partial charge in [-0.1, -0.05) is 103 Å². The van der Waals surface area contributed by atoms with E-state index in [0.717, 1.165) is 50.1 Å². The first kappa shape index (κ1) is 24.2.